The molecule has 0 spiro atoms. The van der Waals surface area contributed by atoms with E-state index in [1.807, 2.05) is 0 Å². The smallest absolute Gasteiger partial charge is 0.146 e. The molecule has 0 amide bonds. The minimum atomic E-state index is 0.414. The van der Waals surface area contributed by atoms with E-state index in [9.17, 15) is 0 Å². The number of hydrogen-bond donors (Lipinski definition) is 0. The van der Waals surface area contributed by atoms with Crippen molar-refractivity contribution >= 4 is 0 Å². The predicted octanol–water partition coefficient (Wildman–Crippen LogP) is 1.42. The number of rotatable bonds is 3. The lowest BCUT2D eigenvalue weighted by atomic mass is 9.92. The van der Waals surface area contributed by atoms with Crippen molar-refractivity contribution in [1.82, 2.24) is 0 Å². The summed E-state index contributed by atoms with van der Waals surface area (Å²) in [6.07, 6.45) is 4.00. The summed E-state index contributed by atoms with van der Waals surface area (Å²) in [5.74, 6) is 1.59. The summed E-state index contributed by atoms with van der Waals surface area (Å²) < 4.78 is 15.9. The van der Waals surface area contributed by atoms with Crippen molar-refractivity contribution in [3.8, 4) is 0 Å². The Balaban J connectivity index is 1.77. The Hall–Kier alpha value is -0.120. The zero-order valence-corrected chi connectivity index (χ0v) is 8.20. The average molecular weight is 186 g/mol. The standard InChI is InChI=1S/C10H18O3/c1-11-7-13-10-4-8-2-3-12-6-9(8)5-10/h8-10H,2-7H2,1H3. The molecule has 2 aliphatic rings. The number of fused-ring (bicyclic) bond motifs is 1. The third kappa shape index (κ3) is 2.22. The van der Waals surface area contributed by atoms with Crippen LogP contribution in [0.25, 0.3) is 0 Å². The third-order valence-electron chi connectivity index (χ3n) is 3.18. The normalized spacial score (nSPS) is 39.0. The highest BCUT2D eigenvalue weighted by molar-refractivity contribution is 4.85. The molecular formula is C10H18O3. The van der Waals surface area contributed by atoms with Crippen molar-refractivity contribution in [1.29, 1.82) is 0 Å². The first-order valence-electron chi connectivity index (χ1n) is 5.08. The summed E-state index contributed by atoms with van der Waals surface area (Å²) in [6, 6.07) is 0. The molecule has 1 aliphatic carbocycles. The average Bonchev–Trinajstić information content (AvgIpc) is 2.57. The first-order chi connectivity index (χ1) is 6.40. The van der Waals surface area contributed by atoms with E-state index in [-0.39, 0.29) is 0 Å². The van der Waals surface area contributed by atoms with Crippen molar-refractivity contribution in [3.63, 3.8) is 0 Å². The molecular weight excluding hydrogens is 168 g/mol. The van der Waals surface area contributed by atoms with Crippen LogP contribution in [0.4, 0.5) is 0 Å². The summed E-state index contributed by atoms with van der Waals surface area (Å²) >= 11 is 0. The lowest BCUT2D eigenvalue weighted by Crippen LogP contribution is -2.22. The monoisotopic (exact) mass is 186 g/mol. The van der Waals surface area contributed by atoms with Crippen molar-refractivity contribution in [3.05, 3.63) is 0 Å². The molecule has 1 saturated heterocycles. The fourth-order valence-electron chi connectivity index (χ4n) is 2.48. The van der Waals surface area contributed by atoms with E-state index in [1.54, 1.807) is 7.11 Å². The van der Waals surface area contributed by atoms with Crippen LogP contribution in [0, 0.1) is 11.8 Å². The minimum absolute atomic E-state index is 0.414. The van der Waals surface area contributed by atoms with Crippen LogP contribution in [0.2, 0.25) is 0 Å². The Morgan fingerprint density at radius 3 is 2.92 bits per heavy atom. The van der Waals surface area contributed by atoms with Gasteiger partial charge in [-0.3, -0.25) is 0 Å². The first-order valence-corrected chi connectivity index (χ1v) is 5.08. The van der Waals surface area contributed by atoms with Gasteiger partial charge >= 0.3 is 0 Å². The molecule has 1 aliphatic heterocycles. The van der Waals surface area contributed by atoms with Gasteiger partial charge in [-0.15, -0.1) is 0 Å². The molecule has 76 valence electrons. The van der Waals surface area contributed by atoms with Crippen LogP contribution in [0.5, 0.6) is 0 Å². The number of hydrogen-bond acceptors (Lipinski definition) is 3. The highest BCUT2D eigenvalue weighted by atomic mass is 16.7. The van der Waals surface area contributed by atoms with Crippen molar-refractivity contribution in [2.45, 2.75) is 25.4 Å². The molecule has 2 rings (SSSR count). The molecule has 0 aromatic rings. The van der Waals surface area contributed by atoms with Crippen molar-refractivity contribution in [2.75, 3.05) is 27.1 Å². The molecule has 0 aromatic heterocycles. The zero-order valence-electron chi connectivity index (χ0n) is 8.20. The topological polar surface area (TPSA) is 27.7 Å². The van der Waals surface area contributed by atoms with Gasteiger partial charge in [0.05, 0.1) is 6.10 Å². The maximum absolute atomic E-state index is 5.57. The summed E-state index contributed by atoms with van der Waals surface area (Å²) in [7, 11) is 1.67. The Morgan fingerprint density at radius 2 is 2.15 bits per heavy atom. The van der Waals surface area contributed by atoms with Crippen LogP contribution in [-0.4, -0.2) is 33.2 Å². The van der Waals surface area contributed by atoms with E-state index in [4.69, 9.17) is 14.2 Å². The van der Waals surface area contributed by atoms with Gasteiger partial charge in [0.25, 0.3) is 0 Å². The molecule has 3 nitrogen and oxygen atoms in total. The van der Waals surface area contributed by atoms with Gasteiger partial charge in [0.15, 0.2) is 0 Å². The molecule has 13 heavy (non-hydrogen) atoms. The molecule has 0 N–H and O–H groups in total. The van der Waals surface area contributed by atoms with E-state index >= 15 is 0 Å². The van der Waals surface area contributed by atoms with E-state index < -0.39 is 0 Å². The van der Waals surface area contributed by atoms with E-state index in [0.29, 0.717) is 12.9 Å². The summed E-state index contributed by atoms with van der Waals surface area (Å²) in [6.45, 7) is 2.32. The van der Waals surface area contributed by atoms with Gasteiger partial charge in [0, 0.05) is 20.3 Å². The van der Waals surface area contributed by atoms with Crippen LogP contribution in [0.1, 0.15) is 19.3 Å². The highest BCUT2D eigenvalue weighted by Gasteiger charge is 2.36. The predicted molar refractivity (Wildman–Crippen MR) is 48.4 cm³/mol. The quantitative estimate of drug-likeness (QED) is 0.624. The Bertz CT molecular complexity index is 146. The zero-order chi connectivity index (χ0) is 9.10. The molecule has 0 bridgehead atoms. The van der Waals surface area contributed by atoms with Crippen molar-refractivity contribution in [2.24, 2.45) is 11.8 Å². The van der Waals surface area contributed by atoms with Gasteiger partial charge in [-0.25, -0.2) is 0 Å². The van der Waals surface area contributed by atoms with Crippen molar-refractivity contribution < 1.29 is 14.2 Å². The molecule has 2 fully saturated rings. The Labute approximate surface area is 79.4 Å². The molecule has 1 heterocycles. The molecule has 0 radical (unpaired) electrons. The van der Waals surface area contributed by atoms with Crippen LogP contribution in [0.15, 0.2) is 0 Å². The van der Waals surface area contributed by atoms with Gasteiger partial charge in [0.2, 0.25) is 0 Å². The highest BCUT2D eigenvalue weighted by Crippen LogP contribution is 2.38. The second-order valence-electron chi connectivity index (χ2n) is 4.05. The minimum Gasteiger partial charge on any atom is -0.381 e. The second-order valence-corrected chi connectivity index (χ2v) is 4.05. The number of methoxy groups -OCH3 is 1. The molecule has 3 unspecified atom stereocenters. The maximum Gasteiger partial charge on any atom is 0.146 e. The Kier molecular flexibility index (Phi) is 3.19. The van der Waals surface area contributed by atoms with Gasteiger partial charge in [-0.1, -0.05) is 0 Å². The molecule has 0 aromatic carbocycles. The third-order valence-corrected chi connectivity index (χ3v) is 3.18. The fourth-order valence-corrected chi connectivity index (χ4v) is 2.48. The van der Waals surface area contributed by atoms with Gasteiger partial charge in [0.1, 0.15) is 6.79 Å². The fraction of sp³-hybridized carbons (Fsp3) is 1.00. The van der Waals surface area contributed by atoms with Crippen LogP contribution in [0.3, 0.4) is 0 Å². The van der Waals surface area contributed by atoms with Gasteiger partial charge in [-0.05, 0) is 31.1 Å². The van der Waals surface area contributed by atoms with Gasteiger partial charge in [-0.2, -0.15) is 0 Å². The van der Waals surface area contributed by atoms with E-state index in [2.05, 4.69) is 0 Å². The van der Waals surface area contributed by atoms with Gasteiger partial charge < -0.3 is 14.2 Å². The van der Waals surface area contributed by atoms with Crippen LogP contribution < -0.4 is 0 Å². The van der Waals surface area contributed by atoms with E-state index in [0.717, 1.165) is 31.5 Å². The lowest BCUT2D eigenvalue weighted by molar-refractivity contribution is -0.0706. The molecule has 3 atom stereocenters. The molecule has 3 heteroatoms. The number of ether oxygens (including phenoxy) is 3. The summed E-state index contributed by atoms with van der Waals surface area (Å²) in [5.41, 5.74) is 0. The van der Waals surface area contributed by atoms with E-state index in [1.165, 1.54) is 12.8 Å². The maximum atomic E-state index is 5.57. The summed E-state index contributed by atoms with van der Waals surface area (Å²) in [4.78, 5) is 0. The Morgan fingerprint density at radius 1 is 1.31 bits per heavy atom. The SMILES string of the molecule is COCOC1CC2CCOCC2C1. The largest absolute Gasteiger partial charge is 0.381 e. The van der Waals surface area contributed by atoms with Crippen LogP contribution >= 0.6 is 0 Å². The second kappa shape index (κ2) is 4.40. The summed E-state index contributed by atoms with van der Waals surface area (Å²) in [5, 5.41) is 0. The van der Waals surface area contributed by atoms with Crippen LogP contribution in [-0.2, 0) is 14.2 Å². The molecule has 1 saturated carbocycles. The lowest BCUT2D eigenvalue weighted by Gasteiger charge is -2.24. The first kappa shape index (κ1) is 9.44.